The zero-order valence-corrected chi connectivity index (χ0v) is 13.8. The molecule has 0 unspecified atom stereocenters. The molecule has 2 nitrogen and oxygen atoms in total. The van der Waals surface area contributed by atoms with Crippen molar-refractivity contribution in [3.05, 3.63) is 34.3 Å². The molecule has 1 atom stereocenters. The van der Waals surface area contributed by atoms with Crippen LogP contribution in [0.1, 0.15) is 30.4 Å². The number of rotatable bonds is 4. The van der Waals surface area contributed by atoms with Crippen LogP contribution in [-0.2, 0) is 12.6 Å². The van der Waals surface area contributed by atoms with Gasteiger partial charge in [-0.05, 0) is 51.4 Å². The first-order chi connectivity index (χ1) is 10.3. The number of quaternary nitrogens is 1. The highest BCUT2D eigenvalue weighted by atomic mass is 35.5. The van der Waals surface area contributed by atoms with Crippen LogP contribution in [0.2, 0.25) is 5.02 Å². The van der Waals surface area contributed by atoms with Crippen molar-refractivity contribution in [3.63, 3.8) is 0 Å². The lowest BCUT2D eigenvalue weighted by atomic mass is 9.83. The SMILES string of the molecule is CN(C)[C@]1(CCc2cccc(C(F)(F)F)c2Cl)CCC[NH2+]C1. The van der Waals surface area contributed by atoms with Gasteiger partial charge in [0.15, 0.2) is 0 Å². The zero-order chi connectivity index (χ0) is 16.4. The summed E-state index contributed by atoms with van der Waals surface area (Å²) in [6.45, 7) is 2.11. The number of piperidine rings is 1. The number of hydrogen-bond acceptors (Lipinski definition) is 1. The zero-order valence-electron chi connectivity index (χ0n) is 13.0. The number of aryl methyl sites for hydroxylation is 1. The first kappa shape index (κ1) is 17.6. The lowest BCUT2D eigenvalue weighted by Crippen LogP contribution is -2.91. The Balaban J connectivity index is 2.17. The molecular weight excluding hydrogens is 313 g/mol. The van der Waals surface area contributed by atoms with Gasteiger partial charge in [0.25, 0.3) is 0 Å². The predicted molar refractivity (Wildman–Crippen MR) is 82.1 cm³/mol. The summed E-state index contributed by atoms with van der Waals surface area (Å²) in [6, 6.07) is 4.19. The molecule has 0 aromatic heterocycles. The molecule has 0 saturated carbocycles. The van der Waals surface area contributed by atoms with Crippen LogP contribution < -0.4 is 5.32 Å². The number of nitrogens with two attached hydrogens (primary N) is 1. The minimum Gasteiger partial charge on any atom is -0.345 e. The smallest absolute Gasteiger partial charge is 0.345 e. The minimum absolute atomic E-state index is 0.0375. The molecule has 0 radical (unpaired) electrons. The molecule has 1 aromatic carbocycles. The Labute approximate surface area is 134 Å². The monoisotopic (exact) mass is 335 g/mol. The van der Waals surface area contributed by atoms with Crippen LogP contribution in [0.3, 0.4) is 0 Å². The van der Waals surface area contributed by atoms with Crippen molar-refractivity contribution in [1.29, 1.82) is 0 Å². The van der Waals surface area contributed by atoms with Crippen molar-refractivity contribution < 1.29 is 18.5 Å². The van der Waals surface area contributed by atoms with E-state index in [9.17, 15) is 13.2 Å². The van der Waals surface area contributed by atoms with Crippen molar-refractivity contribution in [2.75, 3.05) is 27.2 Å². The van der Waals surface area contributed by atoms with E-state index in [1.54, 1.807) is 6.07 Å². The summed E-state index contributed by atoms with van der Waals surface area (Å²) in [5.74, 6) is 0. The van der Waals surface area contributed by atoms with Gasteiger partial charge in [-0.3, -0.25) is 4.90 Å². The van der Waals surface area contributed by atoms with Crippen molar-refractivity contribution in [1.82, 2.24) is 4.90 Å². The number of likely N-dealkylation sites (N-methyl/N-ethyl adjacent to an activating group) is 1. The second-order valence-electron chi connectivity index (χ2n) is 6.28. The van der Waals surface area contributed by atoms with E-state index in [2.05, 4.69) is 10.2 Å². The normalized spacial score (nSPS) is 23.0. The fraction of sp³-hybridized carbons (Fsp3) is 0.625. The van der Waals surface area contributed by atoms with E-state index in [-0.39, 0.29) is 10.6 Å². The first-order valence-corrected chi connectivity index (χ1v) is 7.98. The van der Waals surface area contributed by atoms with Gasteiger partial charge in [0.1, 0.15) is 0 Å². The molecule has 2 N–H and O–H groups in total. The van der Waals surface area contributed by atoms with E-state index < -0.39 is 11.7 Å². The minimum atomic E-state index is -4.40. The van der Waals surface area contributed by atoms with Gasteiger partial charge in [-0.25, -0.2) is 0 Å². The Morgan fingerprint density at radius 1 is 1.32 bits per heavy atom. The van der Waals surface area contributed by atoms with E-state index in [1.165, 1.54) is 6.07 Å². The maximum Gasteiger partial charge on any atom is 0.417 e. The van der Waals surface area contributed by atoms with Gasteiger partial charge in [0.05, 0.1) is 29.2 Å². The van der Waals surface area contributed by atoms with E-state index in [0.29, 0.717) is 12.0 Å². The number of alkyl halides is 3. The molecule has 1 heterocycles. The Hall–Kier alpha value is -0.780. The van der Waals surface area contributed by atoms with Crippen LogP contribution in [0, 0.1) is 0 Å². The van der Waals surface area contributed by atoms with Crippen LogP contribution in [0.5, 0.6) is 0 Å². The van der Waals surface area contributed by atoms with Gasteiger partial charge in [0.2, 0.25) is 0 Å². The topological polar surface area (TPSA) is 19.9 Å². The van der Waals surface area contributed by atoms with E-state index in [4.69, 9.17) is 11.6 Å². The highest BCUT2D eigenvalue weighted by Gasteiger charge is 2.37. The molecule has 0 aliphatic carbocycles. The Bertz CT molecular complexity index is 509. The van der Waals surface area contributed by atoms with E-state index in [1.807, 2.05) is 14.1 Å². The molecule has 2 rings (SSSR count). The van der Waals surface area contributed by atoms with E-state index >= 15 is 0 Å². The van der Waals surface area contributed by atoms with Crippen molar-refractivity contribution >= 4 is 11.6 Å². The highest BCUT2D eigenvalue weighted by Crippen LogP contribution is 2.37. The largest absolute Gasteiger partial charge is 0.417 e. The van der Waals surface area contributed by atoms with Crippen LogP contribution in [0.25, 0.3) is 0 Å². The average Bonchev–Trinajstić information content (AvgIpc) is 2.46. The third-order valence-electron chi connectivity index (χ3n) is 4.77. The predicted octanol–water partition coefficient (Wildman–Crippen LogP) is 2.95. The van der Waals surface area contributed by atoms with Gasteiger partial charge in [0, 0.05) is 0 Å². The lowest BCUT2D eigenvalue weighted by Gasteiger charge is -2.41. The molecule has 1 aliphatic heterocycles. The van der Waals surface area contributed by atoms with Crippen LogP contribution in [0.15, 0.2) is 18.2 Å². The summed E-state index contributed by atoms with van der Waals surface area (Å²) in [5.41, 5.74) is -0.111. The van der Waals surface area contributed by atoms with Crippen molar-refractivity contribution in [3.8, 4) is 0 Å². The van der Waals surface area contributed by atoms with Crippen LogP contribution in [0.4, 0.5) is 13.2 Å². The number of nitrogens with zero attached hydrogens (tertiary/aromatic N) is 1. The van der Waals surface area contributed by atoms with E-state index in [0.717, 1.165) is 38.4 Å². The number of hydrogen-bond donors (Lipinski definition) is 1. The molecule has 1 saturated heterocycles. The maximum absolute atomic E-state index is 12.9. The summed E-state index contributed by atoms with van der Waals surface area (Å²) in [6.07, 6.45) is -0.807. The molecular formula is C16H23ClF3N2+. The van der Waals surface area contributed by atoms with Gasteiger partial charge in [-0.2, -0.15) is 13.2 Å². The fourth-order valence-electron chi connectivity index (χ4n) is 3.26. The molecule has 0 spiro atoms. The Morgan fingerprint density at radius 2 is 2.05 bits per heavy atom. The number of halogens is 4. The second kappa shape index (κ2) is 6.77. The molecule has 1 aliphatic rings. The first-order valence-electron chi connectivity index (χ1n) is 7.60. The molecule has 6 heteroatoms. The standard InChI is InChI=1S/C16H22ClF3N2/c1-22(2)15(8-4-10-21-11-15)9-7-12-5-3-6-13(14(12)17)16(18,19)20/h3,5-6,21H,4,7-11H2,1-2H3/p+1/t15-/m0/s1. The van der Waals surface area contributed by atoms with Crippen molar-refractivity contribution in [2.45, 2.75) is 37.4 Å². The third kappa shape index (κ3) is 3.76. The molecule has 0 amide bonds. The summed E-state index contributed by atoms with van der Waals surface area (Å²) in [5, 5.41) is 2.14. The highest BCUT2D eigenvalue weighted by molar-refractivity contribution is 6.32. The number of benzene rings is 1. The van der Waals surface area contributed by atoms with Crippen molar-refractivity contribution in [2.24, 2.45) is 0 Å². The fourth-order valence-corrected chi connectivity index (χ4v) is 3.59. The Kier molecular flexibility index (Phi) is 5.41. The average molecular weight is 336 g/mol. The summed E-state index contributed by atoms with van der Waals surface area (Å²) in [7, 11) is 4.10. The van der Waals surface area contributed by atoms with Gasteiger partial charge < -0.3 is 5.32 Å². The Morgan fingerprint density at radius 3 is 2.59 bits per heavy atom. The molecule has 1 fully saturated rings. The van der Waals surface area contributed by atoms with Gasteiger partial charge >= 0.3 is 6.18 Å². The summed E-state index contributed by atoms with van der Waals surface area (Å²) >= 11 is 5.99. The quantitative estimate of drug-likeness (QED) is 0.896. The molecule has 1 aromatic rings. The summed E-state index contributed by atoms with van der Waals surface area (Å²) in [4.78, 5) is 2.21. The third-order valence-corrected chi connectivity index (χ3v) is 5.21. The maximum atomic E-state index is 12.9. The molecule has 0 bridgehead atoms. The van der Waals surface area contributed by atoms with Crippen LogP contribution in [-0.4, -0.2) is 37.6 Å². The summed E-state index contributed by atoms with van der Waals surface area (Å²) < 4.78 is 38.8. The second-order valence-corrected chi connectivity index (χ2v) is 6.66. The molecule has 22 heavy (non-hydrogen) atoms. The van der Waals surface area contributed by atoms with Crippen LogP contribution >= 0.6 is 11.6 Å². The molecule has 124 valence electrons. The lowest BCUT2D eigenvalue weighted by molar-refractivity contribution is -0.673. The van der Waals surface area contributed by atoms with Gasteiger partial charge in [-0.1, -0.05) is 23.7 Å². The van der Waals surface area contributed by atoms with Gasteiger partial charge in [-0.15, -0.1) is 0 Å².